The number of carbonyl (C=O) groups is 2. The number of nitrogens with one attached hydrogen (secondary N) is 1. The van der Waals surface area contributed by atoms with Gasteiger partial charge in [-0.05, 0) is 30.7 Å². The number of non-ortho nitro benzene ring substituents is 1. The van der Waals surface area contributed by atoms with Gasteiger partial charge < -0.3 is 10.1 Å². The summed E-state index contributed by atoms with van der Waals surface area (Å²) in [7, 11) is 1.44. The van der Waals surface area contributed by atoms with Gasteiger partial charge in [-0.1, -0.05) is 0 Å². The van der Waals surface area contributed by atoms with Gasteiger partial charge >= 0.3 is 5.97 Å². The van der Waals surface area contributed by atoms with Crippen LogP contribution in [0.2, 0.25) is 0 Å². The molecule has 0 aliphatic rings. The van der Waals surface area contributed by atoms with Crippen LogP contribution in [0.4, 0.5) is 5.69 Å². The molecule has 7 nitrogen and oxygen atoms in total. The van der Waals surface area contributed by atoms with Crippen LogP contribution in [0, 0.1) is 10.1 Å². The molecule has 0 saturated heterocycles. The molecule has 0 spiro atoms. The molecular weight excluding hydrogens is 264 g/mol. The minimum absolute atomic E-state index is 0.0297. The fourth-order valence-electron chi connectivity index (χ4n) is 1.34. The number of nitrogens with zero attached hydrogens (tertiary/aromatic N) is 1. The van der Waals surface area contributed by atoms with Crippen molar-refractivity contribution in [3.8, 4) is 0 Å². The van der Waals surface area contributed by atoms with Gasteiger partial charge in [0.2, 0.25) is 0 Å². The van der Waals surface area contributed by atoms with E-state index in [1.807, 2.05) is 0 Å². The van der Waals surface area contributed by atoms with E-state index in [1.165, 1.54) is 44.3 Å². The third kappa shape index (κ3) is 4.52. The lowest BCUT2D eigenvalue weighted by molar-refractivity contribution is -0.384. The van der Waals surface area contributed by atoms with Gasteiger partial charge in [0.1, 0.15) is 0 Å². The van der Waals surface area contributed by atoms with Crippen molar-refractivity contribution >= 4 is 23.6 Å². The second-order valence-electron chi connectivity index (χ2n) is 3.88. The van der Waals surface area contributed by atoms with Crippen LogP contribution in [-0.2, 0) is 14.3 Å². The van der Waals surface area contributed by atoms with E-state index in [9.17, 15) is 19.7 Å². The molecule has 0 aliphatic carbocycles. The van der Waals surface area contributed by atoms with E-state index in [2.05, 4.69) is 5.32 Å². The zero-order valence-electron chi connectivity index (χ0n) is 11.0. The zero-order chi connectivity index (χ0) is 15.1. The molecule has 0 aliphatic heterocycles. The van der Waals surface area contributed by atoms with Crippen LogP contribution >= 0.6 is 0 Å². The van der Waals surface area contributed by atoms with Crippen molar-refractivity contribution < 1.29 is 19.2 Å². The molecule has 1 rings (SSSR count). The first kappa shape index (κ1) is 15.4. The molecule has 1 atom stereocenters. The third-order valence-corrected chi connectivity index (χ3v) is 2.42. The Labute approximate surface area is 115 Å². The van der Waals surface area contributed by atoms with Gasteiger partial charge in [-0.15, -0.1) is 0 Å². The molecule has 1 N–H and O–H groups in total. The third-order valence-electron chi connectivity index (χ3n) is 2.42. The summed E-state index contributed by atoms with van der Waals surface area (Å²) >= 11 is 0. The van der Waals surface area contributed by atoms with Crippen LogP contribution in [0.1, 0.15) is 12.5 Å². The highest BCUT2D eigenvalue weighted by atomic mass is 16.6. The predicted octanol–water partition coefficient (Wildman–Crippen LogP) is 1.29. The second-order valence-corrected chi connectivity index (χ2v) is 3.88. The molecule has 1 amide bonds. The average molecular weight is 278 g/mol. The number of likely N-dealkylation sites (N-methyl/N-ethyl adjacent to an activating group) is 1. The average Bonchev–Trinajstić information content (AvgIpc) is 2.44. The van der Waals surface area contributed by atoms with Crippen LogP contribution in [0.3, 0.4) is 0 Å². The van der Waals surface area contributed by atoms with Crippen LogP contribution in [0.15, 0.2) is 30.3 Å². The van der Waals surface area contributed by atoms with E-state index in [4.69, 9.17) is 4.74 Å². The van der Waals surface area contributed by atoms with Gasteiger partial charge in [0.15, 0.2) is 6.10 Å². The number of rotatable bonds is 5. The highest BCUT2D eigenvalue weighted by molar-refractivity contribution is 5.90. The molecule has 0 radical (unpaired) electrons. The number of hydrogen-bond donors (Lipinski definition) is 1. The maximum absolute atomic E-state index is 11.4. The Morgan fingerprint density at radius 3 is 2.45 bits per heavy atom. The summed E-state index contributed by atoms with van der Waals surface area (Å²) in [5, 5.41) is 12.8. The fraction of sp³-hybridized carbons (Fsp3) is 0.231. The summed E-state index contributed by atoms with van der Waals surface area (Å²) in [6.45, 7) is 1.45. The van der Waals surface area contributed by atoms with E-state index < -0.39 is 22.9 Å². The molecular formula is C13H14N2O5. The van der Waals surface area contributed by atoms with Crippen molar-refractivity contribution in [3.05, 3.63) is 46.0 Å². The maximum atomic E-state index is 11.4. The summed E-state index contributed by atoms with van der Waals surface area (Å²) in [5.41, 5.74) is 0.582. The highest BCUT2D eigenvalue weighted by Gasteiger charge is 2.14. The molecule has 0 unspecified atom stereocenters. The number of esters is 1. The van der Waals surface area contributed by atoms with Crippen molar-refractivity contribution in [2.24, 2.45) is 0 Å². The van der Waals surface area contributed by atoms with Crippen molar-refractivity contribution in [1.29, 1.82) is 0 Å². The molecule has 0 fully saturated rings. The monoisotopic (exact) mass is 278 g/mol. The Bertz CT molecular complexity index is 536. The van der Waals surface area contributed by atoms with E-state index >= 15 is 0 Å². The number of carbonyl (C=O) groups excluding carboxylic acids is 2. The smallest absolute Gasteiger partial charge is 0.331 e. The van der Waals surface area contributed by atoms with E-state index in [0.29, 0.717) is 5.56 Å². The fourth-order valence-corrected chi connectivity index (χ4v) is 1.34. The number of hydrogen-bond acceptors (Lipinski definition) is 5. The minimum Gasteiger partial charge on any atom is -0.449 e. The van der Waals surface area contributed by atoms with Crippen LogP contribution in [0.5, 0.6) is 0 Å². The van der Waals surface area contributed by atoms with Crippen LogP contribution in [-0.4, -0.2) is 30.0 Å². The molecule has 1 aromatic carbocycles. The van der Waals surface area contributed by atoms with Crippen molar-refractivity contribution in [2.75, 3.05) is 7.05 Å². The Morgan fingerprint density at radius 2 is 1.95 bits per heavy atom. The summed E-state index contributed by atoms with van der Waals surface area (Å²) in [6, 6.07) is 5.67. The molecule has 7 heteroatoms. The Kier molecular flexibility index (Phi) is 5.40. The lowest BCUT2D eigenvalue weighted by Gasteiger charge is -2.09. The first-order valence-corrected chi connectivity index (χ1v) is 5.78. The first-order chi connectivity index (χ1) is 9.43. The maximum Gasteiger partial charge on any atom is 0.331 e. The summed E-state index contributed by atoms with van der Waals surface area (Å²) < 4.78 is 4.84. The van der Waals surface area contributed by atoms with Gasteiger partial charge in [0.25, 0.3) is 11.6 Å². The van der Waals surface area contributed by atoms with E-state index in [-0.39, 0.29) is 5.69 Å². The Hall–Kier alpha value is -2.70. The Balaban J connectivity index is 2.61. The molecule has 0 aromatic heterocycles. The molecule has 1 aromatic rings. The largest absolute Gasteiger partial charge is 0.449 e. The lowest BCUT2D eigenvalue weighted by atomic mass is 10.2. The van der Waals surface area contributed by atoms with Crippen molar-refractivity contribution in [2.45, 2.75) is 13.0 Å². The number of benzene rings is 1. The molecule has 20 heavy (non-hydrogen) atoms. The number of amides is 1. The zero-order valence-corrected chi connectivity index (χ0v) is 11.0. The predicted molar refractivity (Wildman–Crippen MR) is 71.8 cm³/mol. The van der Waals surface area contributed by atoms with E-state index in [0.717, 1.165) is 6.08 Å². The van der Waals surface area contributed by atoms with Crippen molar-refractivity contribution in [3.63, 3.8) is 0 Å². The van der Waals surface area contributed by atoms with Gasteiger partial charge in [0.05, 0.1) is 4.92 Å². The molecule has 106 valence electrons. The standard InChI is InChI=1S/C13H14N2O5/c1-9(13(17)14-2)20-12(16)8-5-10-3-6-11(7-4-10)15(18)19/h3-9H,1-2H3,(H,14,17)/b8-5+/t9-/m1/s1. The van der Waals surface area contributed by atoms with Gasteiger partial charge in [-0.25, -0.2) is 4.79 Å². The number of ether oxygens (including phenoxy) is 1. The quantitative estimate of drug-likeness (QED) is 0.378. The number of nitro benzene ring substituents is 1. The normalized spacial score (nSPS) is 11.9. The van der Waals surface area contributed by atoms with E-state index in [1.54, 1.807) is 0 Å². The van der Waals surface area contributed by atoms with Crippen LogP contribution < -0.4 is 5.32 Å². The molecule has 0 bridgehead atoms. The molecule has 0 saturated carbocycles. The summed E-state index contributed by atoms with van der Waals surface area (Å²) in [6.07, 6.45) is 1.72. The van der Waals surface area contributed by atoms with Gasteiger partial charge in [-0.3, -0.25) is 14.9 Å². The summed E-state index contributed by atoms with van der Waals surface area (Å²) in [5.74, 6) is -1.07. The van der Waals surface area contributed by atoms with Crippen LogP contribution in [0.25, 0.3) is 6.08 Å². The van der Waals surface area contributed by atoms with Gasteiger partial charge in [-0.2, -0.15) is 0 Å². The van der Waals surface area contributed by atoms with Crippen molar-refractivity contribution in [1.82, 2.24) is 5.32 Å². The second kappa shape index (κ2) is 7.03. The highest BCUT2D eigenvalue weighted by Crippen LogP contribution is 2.12. The summed E-state index contributed by atoms with van der Waals surface area (Å²) in [4.78, 5) is 32.5. The van der Waals surface area contributed by atoms with Gasteiger partial charge in [0, 0.05) is 25.3 Å². The topological polar surface area (TPSA) is 98.5 Å². The number of nitro groups is 1. The SMILES string of the molecule is CNC(=O)[C@@H](C)OC(=O)/C=C/c1ccc([N+](=O)[O-])cc1. The first-order valence-electron chi connectivity index (χ1n) is 5.78. The molecule has 0 heterocycles. The minimum atomic E-state index is -0.881. The Morgan fingerprint density at radius 1 is 1.35 bits per heavy atom. The lowest BCUT2D eigenvalue weighted by Crippen LogP contribution is -2.32.